The fraction of sp³-hybridized carbons (Fsp3) is 0.167. The second-order valence-electron chi connectivity index (χ2n) is 5.27. The van der Waals surface area contributed by atoms with E-state index in [1.54, 1.807) is 0 Å². The van der Waals surface area contributed by atoms with Crippen molar-refractivity contribution in [2.75, 3.05) is 25.1 Å². The number of nitriles is 1. The average molecular weight is 319 g/mol. The van der Waals surface area contributed by atoms with Gasteiger partial charge in [0, 0.05) is 18.3 Å². The molecular formula is C18H17N5O. The van der Waals surface area contributed by atoms with E-state index in [0.29, 0.717) is 12.3 Å². The van der Waals surface area contributed by atoms with Gasteiger partial charge in [0.1, 0.15) is 24.1 Å². The molecule has 3 rings (SSSR count). The van der Waals surface area contributed by atoms with Gasteiger partial charge in [0.25, 0.3) is 0 Å². The number of hydrogen-bond acceptors (Lipinski definition) is 5. The molecule has 0 amide bonds. The zero-order valence-electron chi connectivity index (χ0n) is 13.3. The minimum atomic E-state index is 0.274. The molecule has 1 heterocycles. The monoisotopic (exact) mass is 319 g/mol. The first-order valence-electron chi connectivity index (χ1n) is 7.58. The number of aromatic amines is 1. The molecule has 0 unspecified atom stereocenters. The highest BCUT2D eigenvalue weighted by atomic mass is 16.5. The average Bonchev–Trinajstić information content (AvgIpc) is 3.11. The van der Waals surface area contributed by atoms with Gasteiger partial charge in [-0.25, -0.2) is 0 Å². The number of nitrogens with one attached hydrogen (secondary N) is 1. The van der Waals surface area contributed by atoms with Gasteiger partial charge in [-0.15, -0.1) is 5.10 Å². The quantitative estimate of drug-likeness (QED) is 0.756. The molecule has 0 saturated heterocycles. The normalized spacial score (nSPS) is 10.2. The Kier molecular flexibility index (Phi) is 4.73. The van der Waals surface area contributed by atoms with Crippen molar-refractivity contribution in [1.29, 1.82) is 5.26 Å². The summed E-state index contributed by atoms with van der Waals surface area (Å²) in [6.45, 7) is 1.32. The van der Waals surface area contributed by atoms with Gasteiger partial charge in [-0.1, -0.05) is 30.3 Å². The van der Waals surface area contributed by atoms with Gasteiger partial charge in [0.2, 0.25) is 0 Å². The largest absolute Gasteiger partial charge is 0.492 e. The Labute approximate surface area is 140 Å². The molecule has 6 nitrogen and oxygen atoms in total. The number of H-pyrrole nitrogens is 1. The van der Waals surface area contributed by atoms with Crippen LogP contribution in [0.2, 0.25) is 0 Å². The lowest BCUT2D eigenvalue weighted by molar-refractivity contribution is 0.326. The van der Waals surface area contributed by atoms with E-state index in [0.717, 1.165) is 23.5 Å². The van der Waals surface area contributed by atoms with Crippen LogP contribution in [0.15, 0.2) is 54.6 Å². The van der Waals surface area contributed by atoms with Crippen molar-refractivity contribution >= 4 is 5.69 Å². The van der Waals surface area contributed by atoms with Crippen molar-refractivity contribution in [3.63, 3.8) is 0 Å². The van der Waals surface area contributed by atoms with Gasteiger partial charge >= 0.3 is 0 Å². The molecule has 2 aromatic carbocycles. The van der Waals surface area contributed by atoms with Crippen molar-refractivity contribution < 1.29 is 4.74 Å². The third-order valence-electron chi connectivity index (χ3n) is 3.65. The van der Waals surface area contributed by atoms with Crippen LogP contribution >= 0.6 is 0 Å². The second-order valence-corrected chi connectivity index (χ2v) is 5.27. The number of likely N-dealkylation sites (N-methyl/N-ethyl adjacent to an activating group) is 1. The highest BCUT2D eigenvalue weighted by Gasteiger charge is 2.10. The topological polar surface area (TPSA) is 77.8 Å². The van der Waals surface area contributed by atoms with Crippen LogP contribution in [-0.4, -0.2) is 35.6 Å². The number of aromatic nitrogens is 3. The summed E-state index contributed by atoms with van der Waals surface area (Å²) < 4.78 is 5.83. The molecule has 24 heavy (non-hydrogen) atoms. The maximum Gasteiger partial charge on any atom is 0.190 e. The summed E-state index contributed by atoms with van der Waals surface area (Å²) in [6.07, 6.45) is 0. The Hall–Kier alpha value is -3.33. The summed E-state index contributed by atoms with van der Waals surface area (Å²) in [5.41, 5.74) is 2.76. The highest BCUT2D eigenvalue weighted by Crippen LogP contribution is 2.23. The van der Waals surface area contributed by atoms with Crippen molar-refractivity contribution in [2.24, 2.45) is 0 Å². The summed E-state index contributed by atoms with van der Waals surface area (Å²) in [6, 6.07) is 19.7. The predicted octanol–water partition coefficient (Wildman–Crippen LogP) is 2.86. The van der Waals surface area contributed by atoms with Gasteiger partial charge in [0.15, 0.2) is 5.69 Å². The summed E-state index contributed by atoms with van der Waals surface area (Å²) in [5.74, 6) is 0.737. The first-order valence-corrected chi connectivity index (χ1v) is 7.58. The van der Waals surface area contributed by atoms with E-state index >= 15 is 0 Å². The Morgan fingerprint density at radius 2 is 1.96 bits per heavy atom. The molecule has 0 atom stereocenters. The lowest BCUT2D eigenvalue weighted by Crippen LogP contribution is -2.23. The molecule has 0 bridgehead atoms. The minimum absolute atomic E-state index is 0.274. The summed E-state index contributed by atoms with van der Waals surface area (Å²) in [4.78, 5) is 2.13. The van der Waals surface area contributed by atoms with E-state index in [9.17, 15) is 0 Å². The predicted molar refractivity (Wildman–Crippen MR) is 91.7 cm³/mol. The van der Waals surface area contributed by atoms with Gasteiger partial charge in [0.05, 0.1) is 6.54 Å². The summed E-state index contributed by atoms with van der Waals surface area (Å²) in [7, 11) is 2.03. The standard InChI is InChI=1S/C18H17N5O/c1-23(15-7-3-2-4-8-15)10-11-24-16-9-5-6-14(12-16)18-17(13-19)20-22-21-18/h2-9,12H,10-11H2,1H3,(H,20,21,22). The van der Waals surface area contributed by atoms with Crippen LogP contribution in [-0.2, 0) is 0 Å². The zero-order valence-corrected chi connectivity index (χ0v) is 13.3. The van der Waals surface area contributed by atoms with Gasteiger partial charge in [-0.05, 0) is 24.3 Å². The SMILES string of the molecule is CN(CCOc1cccc(-c2n[nH]nc2C#N)c1)c1ccccc1. The van der Waals surface area contributed by atoms with E-state index in [-0.39, 0.29) is 5.69 Å². The molecule has 1 aromatic heterocycles. The Bertz CT molecular complexity index is 838. The third kappa shape index (κ3) is 3.52. The molecule has 0 radical (unpaired) electrons. The number of rotatable bonds is 6. The van der Waals surface area contributed by atoms with E-state index in [4.69, 9.17) is 10.00 Å². The second kappa shape index (κ2) is 7.29. The van der Waals surface area contributed by atoms with Gasteiger partial charge in [-0.2, -0.15) is 15.6 Å². The molecule has 0 aliphatic rings. The van der Waals surface area contributed by atoms with Crippen LogP contribution in [0.1, 0.15) is 5.69 Å². The fourth-order valence-corrected chi connectivity index (χ4v) is 2.36. The number of benzene rings is 2. The number of anilines is 1. The molecule has 1 N–H and O–H groups in total. The minimum Gasteiger partial charge on any atom is -0.492 e. The van der Waals surface area contributed by atoms with Crippen LogP contribution in [0.3, 0.4) is 0 Å². The van der Waals surface area contributed by atoms with Crippen LogP contribution in [0.5, 0.6) is 5.75 Å². The first-order chi connectivity index (χ1) is 11.8. The summed E-state index contributed by atoms with van der Waals surface area (Å²) >= 11 is 0. The van der Waals surface area contributed by atoms with E-state index in [1.807, 2.05) is 55.6 Å². The Morgan fingerprint density at radius 3 is 2.75 bits per heavy atom. The molecule has 0 aliphatic carbocycles. The molecular weight excluding hydrogens is 302 g/mol. The molecule has 0 spiro atoms. The smallest absolute Gasteiger partial charge is 0.190 e. The summed E-state index contributed by atoms with van der Waals surface area (Å²) in [5, 5.41) is 19.4. The van der Waals surface area contributed by atoms with E-state index in [1.165, 1.54) is 0 Å². The number of para-hydroxylation sites is 1. The van der Waals surface area contributed by atoms with Gasteiger partial charge in [-0.3, -0.25) is 0 Å². The molecule has 0 aliphatic heterocycles. The zero-order chi connectivity index (χ0) is 16.8. The lowest BCUT2D eigenvalue weighted by atomic mass is 10.1. The van der Waals surface area contributed by atoms with Crippen LogP contribution in [0, 0.1) is 11.3 Å². The van der Waals surface area contributed by atoms with Crippen LogP contribution in [0.25, 0.3) is 11.3 Å². The van der Waals surface area contributed by atoms with Crippen molar-refractivity contribution in [3.05, 3.63) is 60.3 Å². The first kappa shape index (κ1) is 15.6. The lowest BCUT2D eigenvalue weighted by Gasteiger charge is -2.19. The third-order valence-corrected chi connectivity index (χ3v) is 3.65. The van der Waals surface area contributed by atoms with Crippen LogP contribution < -0.4 is 9.64 Å². The molecule has 3 aromatic rings. The van der Waals surface area contributed by atoms with Crippen LogP contribution in [0.4, 0.5) is 5.69 Å². The fourth-order valence-electron chi connectivity index (χ4n) is 2.36. The maximum absolute atomic E-state index is 9.04. The molecule has 0 saturated carbocycles. The number of hydrogen-bond donors (Lipinski definition) is 1. The maximum atomic E-state index is 9.04. The number of ether oxygens (including phenoxy) is 1. The highest BCUT2D eigenvalue weighted by molar-refractivity contribution is 5.65. The number of nitrogens with zero attached hydrogens (tertiary/aromatic N) is 4. The van der Waals surface area contributed by atoms with Crippen molar-refractivity contribution in [1.82, 2.24) is 15.4 Å². The van der Waals surface area contributed by atoms with E-state index < -0.39 is 0 Å². The van der Waals surface area contributed by atoms with Gasteiger partial charge < -0.3 is 9.64 Å². The Balaban J connectivity index is 1.62. The molecule has 120 valence electrons. The van der Waals surface area contributed by atoms with E-state index in [2.05, 4.69) is 32.4 Å². The molecule has 6 heteroatoms. The van der Waals surface area contributed by atoms with Crippen molar-refractivity contribution in [3.8, 4) is 23.1 Å². The van der Waals surface area contributed by atoms with Crippen molar-refractivity contribution in [2.45, 2.75) is 0 Å². The molecule has 0 fully saturated rings. The Morgan fingerprint density at radius 1 is 1.12 bits per heavy atom.